The first kappa shape index (κ1) is 15.0. The van der Waals surface area contributed by atoms with Crippen LogP contribution >= 0.6 is 0 Å². The zero-order valence-corrected chi connectivity index (χ0v) is 12.2. The van der Waals surface area contributed by atoms with Crippen LogP contribution in [-0.4, -0.2) is 0 Å². The van der Waals surface area contributed by atoms with Gasteiger partial charge in [0.05, 0.1) is 0 Å². The van der Waals surface area contributed by atoms with Gasteiger partial charge in [-0.25, -0.2) is 0 Å². The van der Waals surface area contributed by atoms with E-state index in [0.717, 1.165) is 5.92 Å². The molecule has 0 fully saturated rings. The molecular weight excluding hydrogens is 180 g/mol. The standard InChI is InChI=1S/C15H31/c1-9-13(10-2)15(8,11-3)12(4)14(5,6)7/h12H,9-11H2,1-8H3. The van der Waals surface area contributed by atoms with Gasteiger partial charge in [0, 0.05) is 0 Å². The van der Waals surface area contributed by atoms with E-state index in [0.29, 0.717) is 10.8 Å². The van der Waals surface area contributed by atoms with E-state index in [1.165, 1.54) is 19.3 Å². The van der Waals surface area contributed by atoms with Crippen molar-refractivity contribution in [1.29, 1.82) is 0 Å². The van der Waals surface area contributed by atoms with Gasteiger partial charge >= 0.3 is 0 Å². The predicted octanol–water partition coefficient (Wildman–Crippen LogP) is 5.48. The monoisotopic (exact) mass is 211 g/mol. The van der Waals surface area contributed by atoms with E-state index in [4.69, 9.17) is 0 Å². The second kappa shape index (κ2) is 5.37. The van der Waals surface area contributed by atoms with Gasteiger partial charge in [0.1, 0.15) is 0 Å². The van der Waals surface area contributed by atoms with Crippen molar-refractivity contribution in [3.8, 4) is 0 Å². The lowest BCUT2D eigenvalue weighted by Crippen LogP contribution is -2.38. The van der Waals surface area contributed by atoms with Crippen molar-refractivity contribution < 1.29 is 0 Å². The molecule has 0 heteroatoms. The van der Waals surface area contributed by atoms with Gasteiger partial charge in [-0.05, 0) is 41.9 Å². The Morgan fingerprint density at radius 3 is 1.53 bits per heavy atom. The molecule has 0 amide bonds. The Hall–Kier alpha value is 0. The van der Waals surface area contributed by atoms with Crippen LogP contribution in [0.25, 0.3) is 0 Å². The lowest BCUT2D eigenvalue weighted by atomic mass is 9.58. The number of hydrogen-bond donors (Lipinski definition) is 0. The summed E-state index contributed by atoms with van der Waals surface area (Å²) in [5.74, 6) is 2.48. The molecule has 2 unspecified atom stereocenters. The van der Waals surface area contributed by atoms with Gasteiger partial charge in [-0.1, -0.05) is 55.4 Å². The van der Waals surface area contributed by atoms with E-state index < -0.39 is 0 Å². The molecule has 0 saturated carbocycles. The molecule has 0 N–H and O–H groups in total. The molecule has 0 aliphatic carbocycles. The van der Waals surface area contributed by atoms with Gasteiger partial charge in [0.15, 0.2) is 0 Å². The van der Waals surface area contributed by atoms with Crippen molar-refractivity contribution in [1.82, 2.24) is 0 Å². The van der Waals surface area contributed by atoms with E-state index in [2.05, 4.69) is 55.4 Å². The number of hydrogen-bond acceptors (Lipinski definition) is 0. The summed E-state index contributed by atoms with van der Waals surface area (Å²) in [7, 11) is 0. The van der Waals surface area contributed by atoms with Crippen LogP contribution in [0.1, 0.15) is 74.7 Å². The fraction of sp³-hybridized carbons (Fsp3) is 0.933. The van der Waals surface area contributed by atoms with E-state index >= 15 is 0 Å². The summed E-state index contributed by atoms with van der Waals surface area (Å²) in [5.41, 5.74) is 0.822. The summed E-state index contributed by atoms with van der Waals surface area (Å²) in [6, 6.07) is 0. The molecule has 1 radical (unpaired) electrons. The summed E-state index contributed by atoms with van der Waals surface area (Å²) < 4.78 is 0. The normalized spacial score (nSPS) is 19.0. The second-order valence-corrected chi connectivity index (χ2v) is 6.17. The third-order valence-electron chi connectivity index (χ3n) is 4.65. The lowest BCUT2D eigenvalue weighted by Gasteiger charge is -2.47. The Morgan fingerprint density at radius 2 is 1.33 bits per heavy atom. The minimum absolute atomic E-state index is 0.403. The maximum atomic E-state index is 2.46. The van der Waals surface area contributed by atoms with Crippen LogP contribution in [0.3, 0.4) is 0 Å². The third kappa shape index (κ3) is 3.23. The van der Waals surface area contributed by atoms with E-state index in [1.807, 2.05) is 0 Å². The van der Waals surface area contributed by atoms with Crippen LogP contribution in [0.15, 0.2) is 0 Å². The van der Waals surface area contributed by atoms with Crippen LogP contribution in [0.4, 0.5) is 0 Å². The summed E-state index contributed by atoms with van der Waals surface area (Å²) >= 11 is 0. The minimum atomic E-state index is 0.403. The zero-order chi connectivity index (χ0) is 12.3. The molecule has 0 aromatic carbocycles. The Kier molecular flexibility index (Phi) is 5.37. The maximum absolute atomic E-state index is 2.46. The second-order valence-electron chi connectivity index (χ2n) is 6.17. The molecule has 0 aliphatic rings. The predicted molar refractivity (Wildman–Crippen MR) is 70.8 cm³/mol. The summed E-state index contributed by atoms with van der Waals surface area (Å²) in [6.07, 6.45) is 3.74. The first-order chi connectivity index (χ1) is 6.73. The molecule has 0 aliphatic heterocycles. The largest absolute Gasteiger partial charge is 0.0648 e. The molecule has 0 nitrogen and oxygen atoms in total. The SMILES string of the molecule is CC[C](CC)C(C)(CC)C(C)C(C)(C)C. The third-order valence-corrected chi connectivity index (χ3v) is 4.65. The molecule has 0 rings (SSSR count). The van der Waals surface area contributed by atoms with Crippen molar-refractivity contribution in [2.45, 2.75) is 74.7 Å². The van der Waals surface area contributed by atoms with E-state index in [-0.39, 0.29) is 0 Å². The summed E-state index contributed by atoms with van der Waals surface area (Å²) in [4.78, 5) is 0. The molecule has 91 valence electrons. The highest BCUT2D eigenvalue weighted by Gasteiger charge is 2.41. The van der Waals surface area contributed by atoms with Crippen LogP contribution in [0.5, 0.6) is 0 Å². The van der Waals surface area contributed by atoms with Crippen LogP contribution in [0, 0.1) is 22.7 Å². The Bertz CT molecular complexity index is 171. The molecule has 0 saturated heterocycles. The van der Waals surface area contributed by atoms with E-state index in [9.17, 15) is 0 Å². The quantitative estimate of drug-likeness (QED) is 0.565. The highest BCUT2D eigenvalue weighted by Crippen LogP contribution is 2.50. The topological polar surface area (TPSA) is 0 Å². The summed E-state index contributed by atoms with van der Waals surface area (Å²) in [6.45, 7) is 19.0. The van der Waals surface area contributed by atoms with Crippen LogP contribution < -0.4 is 0 Å². The average Bonchev–Trinajstić information content (AvgIpc) is 2.16. The van der Waals surface area contributed by atoms with Crippen LogP contribution in [0.2, 0.25) is 0 Å². The van der Waals surface area contributed by atoms with Gasteiger partial charge in [-0.2, -0.15) is 0 Å². The summed E-state index contributed by atoms with van der Waals surface area (Å²) in [5, 5.41) is 0. The molecule has 0 spiro atoms. The minimum Gasteiger partial charge on any atom is -0.0648 e. The zero-order valence-electron chi connectivity index (χ0n) is 12.2. The average molecular weight is 211 g/mol. The fourth-order valence-corrected chi connectivity index (χ4v) is 2.88. The van der Waals surface area contributed by atoms with Gasteiger partial charge in [-0.3, -0.25) is 0 Å². The van der Waals surface area contributed by atoms with Gasteiger partial charge in [0.2, 0.25) is 0 Å². The van der Waals surface area contributed by atoms with Gasteiger partial charge < -0.3 is 0 Å². The Morgan fingerprint density at radius 1 is 0.933 bits per heavy atom. The molecule has 0 aromatic heterocycles. The van der Waals surface area contributed by atoms with Crippen LogP contribution in [-0.2, 0) is 0 Å². The molecule has 0 heterocycles. The van der Waals surface area contributed by atoms with Crippen molar-refractivity contribution >= 4 is 0 Å². The first-order valence-electron chi connectivity index (χ1n) is 6.59. The molecule has 0 bridgehead atoms. The fourth-order valence-electron chi connectivity index (χ4n) is 2.88. The van der Waals surface area contributed by atoms with E-state index in [1.54, 1.807) is 5.92 Å². The lowest BCUT2D eigenvalue weighted by molar-refractivity contribution is 0.0873. The van der Waals surface area contributed by atoms with Gasteiger partial charge in [0.25, 0.3) is 0 Å². The molecule has 15 heavy (non-hydrogen) atoms. The number of rotatable bonds is 5. The van der Waals surface area contributed by atoms with Crippen molar-refractivity contribution in [2.24, 2.45) is 16.7 Å². The van der Waals surface area contributed by atoms with Crippen molar-refractivity contribution in [3.63, 3.8) is 0 Å². The smallest absolute Gasteiger partial charge is 0.0185 e. The Balaban J connectivity index is 4.98. The highest BCUT2D eigenvalue weighted by molar-refractivity contribution is 5.06. The van der Waals surface area contributed by atoms with Crippen molar-refractivity contribution in [2.75, 3.05) is 0 Å². The molecule has 2 atom stereocenters. The highest BCUT2D eigenvalue weighted by atomic mass is 14.5. The molecule has 0 aromatic rings. The maximum Gasteiger partial charge on any atom is -0.0185 e. The Labute approximate surface area is 97.8 Å². The van der Waals surface area contributed by atoms with Gasteiger partial charge in [-0.15, -0.1) is 0 Å². The first-order valence-corrected chi connectivity index (χ1v) is 6.59. The molecular formula is C15H31. The van der Waals surface area contributed by atoms with Crippen molar-refractivity contribution in [3.05, 3.63) is 5.92 Å².